The second kappa shape index (κ2) is 7.31. The third-order valence-electron chi connectivity index (χ3n) is 3.45. The van der Waals surface area contributed by atoms with Crippen LogP contribution >= 0.6 is 11.3 Å². The minimum Gasteiger partial charge on any atom is -0.301 e. The topological polar surface area (TPSA) is 72.7 Å². The standard InChI is InChI=1S/C15H21N5OS/c1-5-9-20-11(4)12(10(3)19-20)7-8-13(21)16-15-18-17-14(6-2)22-15/h5H,1,6-9H2,2-4H3,(H,16,18,21). The molecule has 0 unspecified atom stereocenters. The van der Waals surface area contributed by atoms with Gasteiger partial charge in [-0.1, -0.05) is 24.3 Å². The molecule has 0 radical (unpaired) electrons. The number of hydrogen-bond acceptors (Lipinski definition) is 5. The van der Waals surface area contributed by atoms with E-state index in [2.05, 4.69) is 27.2 Å². The van der Waals surface area contributed by atoms with Crippen LogP contribution in [-0.2, 0) is 24.2 Å². The summed E-state index contributed by atoms with van der Waals surface area (Å²) in [5.74, 6) is -0.0472. The predicted molar refractivity (Wildman–Crippen MR) is 88.1 cm³/mol. The highest BCUT2D eigenvalue weighted by atomic mass is 32.1. The van der Waals surface area contributed by atoms with Gasteiger partial charge in [0.15, 0.2) is 0 Å². The molecule has 2 aromatic heterocycles. The first kappa shape index (κ1) is 16.4. The van der Waals surface area contributed by atoms with E-state index >= 15 is 0 Å². The fraction of sp³-hybridized carbons (Fsp3) is 0.467. The van der Waals surface area contributed by atoms with Gasteiger partial charge in [0.2, 0.25) is 11.0 Å². The second-order valence-corrected chi connectivity index (χ2v) is 6.08. The van der Waals surface area contributed by atoms with Crippen molar-refractivity contribution in [3.05, 3.63) is 34.6 Å². The van der Waals surface area contributed by atoms with Gasteiger partial charge in [-0.25, -0.2) is 0 Å². The SMILES string of the molecule is C=CCn1nc(C)c(CCC(=O)Nc2nnc(CC)s2)c1C. The monoisotopic (exact) mass is 319 g/mol. The number of aryl methyl sites for hydroxylation is 2. The van der Waals surface area contributed by atoms with Crippen LogP contribution in [0.15, 0.2) is 12.7 Å². The van der Waals surface area contributed by atoms with E-state index in [-0.39, 0.29) is 5.91 Å². The Hall–Kier alpha value is -2.02. The molecule has 2 heterocycles. The fourth-order valence-corrected chi connectivity index (χ4v) is 2.96. The number of aromatic nitrogens is 4. The molecule has 0 aliphatic rings. The molecular weight excluding hydrogens is 298 g/mol. The van der Waals surface area contributed by atoms with Gasteiger partial charge in [0.25, 0.3) is 0 Å². The van der Waals surface area contributed by atoms with Gasteiger partial charge in [-0.3, -0.25) is 9.48 Å². The summed E-state index contributed by atoms with van der Waals surface area (Å²) >= 11 is 1.42. The zero-order valence-electron chi connectivity index (χ0n) is 13.2. The van der Waals surface area contributed by atoms with Crippen LogP contribution < -0.4 is 5.32 Å². The van der Waals surface area contributed by atoms with E-state index in [9.17, 15) is 4.79 Å². The maximum absolute atomic E-state index is 12.0. The lowest BCUT2D eigenvalue weighted by Gasteiger charge is -2.03. The summed E-state index contributed by atoms with van der Waals surface area (Å²) in [6.45, 7) is 10.4. The molecule has 0 atom stereocenters. The Morgan fingerprint density at radius 3 is 2.82 bits per heavy atom. The highest BCUT2D eigenvalue weighted by Crippen LogP contribution is 2.18. The van der Waals surface area contributed by atoms with Gasteiger partial charge in [0, 0.05) is 12.1 Å². The molecule has 0 aliphatic heterocycles. The molecule has 22 heavy (non-hydrogen) atoms. The highest BCUT2D eigenvalue weighted by Gasteiger charge is 2.13. The number of amides is 1. The first-order valence-corrected chi connectivity index (χ1v) is 8.12. The van der Waals surface area contributed by atoms with Crippen LogP contribution in [0.1, 0.15) is 35.3 Å². The number of carbonyl (C=O) groups is 1. The average molecular weight is 319 g/mol. The van der Waals surface area contributed by atoms with E-state index < -0.39 is 0 Å². The third kappa shape index (κ3) is 3.79. The molecule has 118 valence electrons. The molecule has 0 fully saturated rings. The molecule has 0 saturated heterocycles. The number of nitrogens with one attached hydrogen (secondary N) is 1. The number of allylic oxidation sites excluding steroid dienone is 1. The maximum Gasteiger partial charge on any atom is 0.226 e. The van der Waals surface area contributed by atoms with Crippen LogP contribution in [0, 0.1) is 13.8 Å². The van der Waals surface area contributed by atoms with Crippen molar-refractivity contribution in [1.29, 1.82) is 0 Å². The van der Waals surface area contributed by atoms with Crippen molar-refractivity contribution in [2.24, 2.45) is 0 Å². The van der Waals surface area contributed by atoms with Crippen LogP contribution in [0.5, 0.6) is 0 Å². The second-order valence-electron chi connectivity index (χ2n) is 5.02. The van der Waals surface area contributed by atoms with Gasteiger partial charge >= 0.3 is 0 Å². The van der Waals surface area contributed by atoms with E-state index in [0.717, 1.165) is 28.4 Å². The van der Waals surface area contributed by atoms with Gasteiger partial charge < -0.3 is 5.32 Å². The lowest BCUT2D eigenvalue weighted by molar-refractivity contribution is -0.116. The van der Waals surface area contributed by atoms with E-state index in [1.807, 2.05) is 31.5 Å². The first-order chi connectivity index (χ1) is 10.5. The molecule has 0 spiro atoms. The molecule has 0 saturated carbocycles. The zero-order chi connectivity index (χ0) is 16.1. The van der Waals surface area contributed by atoms with Crippen molar-refractivity contribution in [2.75, 3.05) is 5.32 Å². The summed E-state index contributed by atoms with van der Waals surface area (Å²) in [6, 6.07) is 0. The molecule has 2 aromatic rings. The van der Waals surface area contributed by atoms with E-state index in [1.165, 1.54) is 11.3 Å². The minimum absolute atomic E-state index is 0.0472. The Bertz CT molecular complexity index is 674. The van der Waals surface area contributed by atoms with Crippen LogP contribution in [0.4, 0.5) is 5.13 Å². The summed E-state index contributed by atoms with van der Waals surface area (Å²) in [4.78, 5) is 12.0. The Labute approximate surface area is 134 Å². The van der Waals surface area contributed by atoms with Crippen LogP contribution in [0.2, 0.25) is 0 Å². The van der Waals surface area contributed by atoms with Crippen molar-refractivity contribution in [3.8, 4) is 0 Å². The fourth-order valence-electron chi connectivity index (χ4n) is 2.26. The number of anilines is 1. The van der Waals surface area contributed by atoms with Gasteiger partial charge in [-0.2, -0.15) is 5.10 Å². The lowest BCUT2D eigenvalue weighted by atomic mass is 10.1. The number of carbonyl (C=O) groups excluding carboxylic acids is 1. The van der Waals surface area contributed by atoms with Crippen molar-refractivity contribution in [2.45, 2.75) is 46.6 Å². The predicted octanol–water partition coefficient (Wildman–Crippen LogP) is 2.67. The van der Waals surface area contributed by atoms with Crippen molar-refractivity contribution < 1.29 is 4.79 Å². The largest absolute Gasteiger partial charge is 0.301 e. The van der Waals surface area contributed by atoms with Gasteiger partial charge in [0.05, 0.1) is 12.2 Å². The third-order valence-corrected chi connectivity index (χ3v) is 4.43. The van der Waals surface area contributed by atoms with Gasteiger partial charge in [0.1, 0.15) is 5.01 Å². The Morgan fingerprint density at radius 2 is 2.18 bits per heavy atom. The molecular formula is C15H21N5OS. The number of hydrogen-bond donors (Lipinski definition) is 1. The quantitative estimate of drug-likeness (QED) is 0.796. The minimum atomic E-state index is -0.0472. The van der Waals surface area contributed by atoms with Crippen LogP contribution in [0.3, 0.4) is 0 Å². The molecule has 0 aliphatic carbocycles. The summed E-state index contributed by atoms with van der Waals surface area (Å²) in [5, 5.41) is 16.7. The summed E-state index contributed by atoms with van der Waals surface area (Å²) < 4.78 is 1.91. The van der Waals surface area contributed by atoms with Crippen molar-refractivity contribution in [3.63, 3.8) is 0 Å². The first-order valence-electron chi connectivity index (χ1n) is 7.31. The lowest BCUT2D eigenvalue weighted by Crippen LogP contribution is -2.12. The molecule has 1 N–H and O–H groups in total. The molecule has 2 rings (SSSR count). The zero-order valence-corrected chi connectivity index (χ0v) is 14.0. The number of rotatable bonds is 7. The Kier molecular flexibility index (Phi) is 5.43. The summed E-state index contributed by atoms with van der Waals surface area (Å²) in [7, 11) is 0. The summed E-state index contributed by atoms with van der Waals surface area (Å²) in [6.07, 6.45) is 3.72. The van der Waals surface area contributed by atoms with Crippen LogP contribution in [-0.4, -0.2) is 25.9 Å². The molecule has 1 amide bonds. The van der Waals surface area contributed by atoms with E-state index in [1.54, 1.807) is 0 Å². The molecule has 0 aromatic carbocycles. The van der Waals surface area contributed by atoms with Crippen LogP contribution in [0.25, 0.3) is 0 Å². The van der Waals surface area contributed by atoms with Crippen molar-refractivity contribution in [1.82, 2.24) is 20.0 Å². The van der Waals surface area contributed by atoms with Gasteiger partial charge in [-0.05, 0) is 32.3 Å². The maximum atomic E-state index is 12.0. The molecule has 7 heteroatoms. The average Bonchev–Trinajstić information content (AvgIpc) is 3.03. The summed E-state index contributed by atoms with van der Waals surface area (Å²) in [5.41, 5.74) is 3.19. The molecule has 0 bridgehead atoms. The van der Waals surface area contributed by atoms with E-state index in [0.29, 0.717) is 24.5 Å². The van der Waals surface area contributed by atoms with E-state index in [4.69, 9.17) is 0 Å². The normalized spacial score (nSPS) is 10.7. The molecule has 6 nitrogen and oxygen atoms in total. The smallest absolute Gasteiger partial charge is 0.226 e. The van der Waals surface area contributed by atoms with Crippen molar-refractivity contribution >= 4 is 22.4 Å². The Morgan fingerprint density at radius 1 is 1.41 bits per heavy atom. The van der Waals surface area contributed by atoms with Gasteiger partial charge in [-0.15, -0.1) is 16.8 Å². The highest BCUT2D eigenvalue weighted by molar-refractivity contribution is 7.15. The Balaban J connectivity index is 1.94. The number of nitrogens with zero attached hydrogens (tertiary/aromatic N) is 4.